The third kappa shape index (κ3) is 3.41. The van der Waals surface area contributed by atoms with Crippen molar-refractivity contribution in [2.45, 2.75) is 16.8 Å². The fourth-order valence-corrected chi connectivity index (χ4v) is 2.35. The highest BCUT2D eigenvalue weighted by Gasteiger charge is 2.18. The molecule has 0 aliphatic heterocycles. The molecule has 0 radical (unpaired) electrons. The van der Waals surface area contributed by atoms with Crippen LogP contribution in [0.25, 0.3) is 0 Å². The highest BCUT2D eigenvalue weighted by molar-refractivity contribution is 7.99. The maximum Gasteiger partial charge on any atom is 0.320 e. The van der Waals surface area contributed by atoms with Gasteiger partial charge in [-0.2, -0.15) is 4.98 Å². The predicted octanol–water partition coefficient (Wildman–Crippen LogP) is 3.11. The number of nitrogens with zero attached hydrogens (tertiary/aromatic N) is 3. The van der Waals surface area contributed by atoms with E-state index in [2.05, 4.69) is 15.3 Å². The molecule has 20 heavy (non-hydrogen) atoms. The van der Waals surface area contributed by atoms with Crippen molar-refractivity contribution in [1.82, 2.24) is 9.97 Å². The Kier molecular flexibility index (Phi) is 4.46. The summed E-state index contributed by atoms with van der Waals surface area (Å²) in [7, 11) is 0. The second-order valence-corrected chi connectivity index (χ2v) is 4.79. The lowest BCUT2D eigenvalue weighted by molar-refractivity contribution is -0.388. The van der Waals surface area contributed by atoms with E-state index in [9.17, 15) is 14.5 Å². The molecule has 2 rings (SSSR count). The molecule has 0 aliphatic carbocycles. The monoisotopic (exact) mass is 294 g/mol. The largest absolute Gasteiger partial charge is 0.354 e. The molecule has 0 saturated heterocycles. The number of hydrogen-bond donors (Lipinski definition) is 1. The molecule has 2 aromatic rings. The third-order valence-corrected chi connectivity index (χ3v) is 3.26. The van der Waals surface area contributed by atoms with E-state index in [1.807, 2.05) is 6.92 Å². The van der Waals surface area contributed by atoms with E-state index >= 15 is 0 Å². The van der Waals surface area contributed by atoms with Crippen LogP contribution in [0, 0.1) is 15.9 Å². The van der Waals surface area contributed by atoms with E-state index in [4.69, 9.17) is 0 Å². The normalized spacial score (nSPS) is 10.3. The number of benzene rings is 1. The first-order chi connectivity index (χ1) is 9.60. The highest BCUT2D eigenvalue weighted by atomic mass is 32.2. The first-order valence-corrected chi connectivity index (χ1v) is 6.60. The molecule has 0 aliphatic rings. The fraction of sp³-hybridized carbons (Fsp3) is 0.167. The van der Waals surface area contributed by atoms with E-state index < -0.39 is 10.7 Å². The highest BCUT2D eigenvalue weighted by Crippen LogP contribution is 2.33. The lowest BCUT2D eigenvalue weighted by atomic mass is 10.4. The number of halogens is 1. The summed E-state index contributed by atoms with van der Waals surface area (Å²) in [6.45, 7) is 2.46. The Morgan fingerprint density at radius 2 is 2.30 bits per heavy atom. The van der Waals surface area contributed by atoms with E-state index in [0.29, 0.717) is 17.4 Å². The summed E-state index contributed by atoms with van der Waals surface area (Å²) in [6.07, 6.45) is 1.15. The molecule has 0 unspecified atom stereocenters. The van der Waals surface area contributed by atoms with Crippen molar-refractivity contribution in [2.75, 3.05) is 11.9 Å². The molecule has 6 nitrogen and oxygen atoms in total. The summed E-state index contributed by atoms with van der Waals surface area (Å²) in [5.74, 6) is -0.101. The fourth-order valence-electron chi connectivity index (χ4n) is 1.45. The zero-order valence-electron chi connectivity index (χ0n) is 10.5. The average molecular weight is 294 g/mol. The Balaban J connectivity index is 2.36. The Hall–Kier alpha value is -2.22. The van der Waals surface area contributed by atoms with Crippen LogP contribution in [0.3, 0.4) is 0 Å². The van der Waals surface area contributed by atoms with Gasteiger partial charge in [-0.3, -0.25) is 10.1 Å². The maximum absolute atomic E-state index is 13.1. The Labute approximate surface area is 118 Å². The van der Waals surface area contributed by atoms with Crippen molar-refractivity contribution in [3.05, 3.63) is 46.4 Å². The Morgan fingerprint density at radius 1 is 1.50 bits per heavy atom. The van der Waals surface area contributed by atoms with Crippen molar-refractivity contribution < 1.29 is 9.31 Å². The second-order valence-electron chi connectivity index (χ2n) is 3.73. The van der Waals surface area contributed by atoms with Gasteiger partial charge in [0.25, 0.3) is 0 Å². The molecule has 0 bridgehead atoms. The summed E-state index contributed by atoms with van der Waals surface area (Å²) in [5, 5.41) is 14.0. The molecule has 1 aromatic carbocycles. The van der Waals surface area contributed by atoms with Gasteiger partial charge in [0.15, 0.2) is 5.03 Å². The van der Waals surface area contributed by atoms with Gasteiger partial charge in [0.05, 0.1) is 4.92 Å². The van der Waals surface area contributed by atoms with E-state index in [1.165, 1.54) is 18.2 Å². The minimum absolute atomic E-state index is 0.173. The van der Waals surface area contributed by atoms with E-state index in [1.54, 1.807) is 6.07 Å². The predicted molar refractivity (Wildman–Crippen MR) is 73.4 cm³/mol. The zero-order chi connectivity index (χ0) is 14.5. The number of hydrogen-bond acceptors (Lipinski definition) is 6. The summed E-state index contributed by atoms with van der Waals surface area (Å²) in [6, 6.07) is 5.80. The number of rotatable bonds is 5. The van der Waals surface area contributed by atoms with Gasteiger partial charge in [0.2, 0.25) is 5.95 Å². The van der Waals surface area contributed by atoms with Gasteiger partial charge in [0.1, 0.15) is 12.0 Å². The first-order valence-electron chi connectivity index (χ1n) is 5.79. The van der Waals surface area contributed by atoms with Crippen LogP contribution in [0.5, 0.6) is 0 Å². The molecule has 8 heteroatoms. The van der Waals surface area contributed by atoms with Crippen LogP contribution >= 0.6 is 11.8 Å². The average Bonchev–Trinajstić information content (AvgIpc) is 2.39. The van der Waals surface area contributed by atoms with Gasteiger partial charge in [-0.05, 0) is 25.1 Å². The van der Waals surface area contributed by atoms with Crippen molar-refractivity contribution in [2.24, 2.45) is 0 Å². The Morgan fingerprint density at radius 3 is 2.95 bits per heavy atom. The summed E-state index contributed by atoms with van der Waals surface area (Å²) in [4.78, 5) is 18.9. The van der Waals surface area contributed by atoms with Crippen LogP contribution in [0.2, 0.25) is 0 Å². The van der Waals surface area contributed by atoms with Gasteiger partial charge in [0, 0.05) is 11.4 Å². The molecule has 1 heterocycles. The number of nitro groups is 1. The minimum atomic E-state index is -0.558. The van der Waals surface area contributed by atoms with Gasteiger partial charge >= 0.3 is 5.69 Å². The van der Waals surface area contributed by atoms with Crippen LogP contribution in [-0.2, 0) is 0 Å². The van der Waals surface area contributed by atoms with Crippen molar-refractivity contribution >= 4 is 23.4 Å². The number of aromatic nitrogens is 2. The lowest BCUT2D eigenvalue weighted by Crippen LogP contribution is -2.04. The standard InChI is InChI=1S/C12H11FN4O2S/c1-2-14-12-15-7-10(17(18)19)11(16-12)20-9-5-3-4-8(13)6-9/h3-7H,2H2,1H3,(H,14,15,16). The topological polar surface area (TPSA) is 81.0 Å². The number of anilines is 1. The van der Waals surface area contributed by atoms with Crippen molar-refractivity contribution in [3.8, 4) is 0 Å². The summed E-state index contributed by atoms with van der Waals surface area (Å²) in [5.41, 5.74) is -0.207. The smallest absolute Gasteiger partial charge is 0.320 e. The van der Waals surface area contributed by atoms with Crippen LogP contribution in [0.15, 0.2) is 40.4 Å². The first kappa shape index (κ1) is 14.2. The Bertz CT molecular complexity index is 639. The number of nitrogens with one attached hydrogen (secondary N) is 1. The molecule has 0 amide bonds. The molecular weight excluding hydrogens is 283 g/mol. The third-order valence-electron chi connectivity index (χ3n) is 2.28. The maximum atomic E-state index is 13.1. The molecule has 104 valence electrons. The molecule has 1 N–H and O–H groups in total. The summed E-state index contributed by atoms with van der Waals surface area (Å²) < 4.78 is 13.1. The van der Waals surface area contributed by atoms with Gasteiger partial charge in [-0.25, -0.2) is 9.37 Å². The van der Waals surface area contributed by atoms with Crippen LogP contribution in [0.4, 0.5) is 16.0 Å². The van der Waals surface area contributed by atoms with E-state index in [-0.39, 0.29) is 10.7 Å². The van der Waals surface area contributed by atoms with Crippen LogP contribution in [-0.4, -0.2) is 21.4 Å². The molecule has 1 aromatic heterocycles. The summed E-state index contributed by atoms with van der Waals surface area (Å²) >= 11 is 1.02. The SMILES string of the molecule is CCNc1ncc([N+](=O)[O-])c(Sc2cccc(F)c2)n1. The van der Waals surface area contributed by atoms with Crippen LogP contribution in [0.1, 0.15) is 6.92 Å². The molecular formula is C12H11FN4O2S. The lowest BCUT2D eigenvalue weighted by Gasteiger charge is -2.05. The quantitative estimate of drug-likeness (QED) is 0.518. The van der Waals surface area contributed by atoms with Gasteiger partial charge < -0.3 is 5.32 Å². The van der Waals surface area contributed by atoms with Crippen molar-refractivity contribution in [1.29, 1.82) is 0 Å². The minimum Gasteiger partial charge on any atom is -0.354 e. The molecule has 0 atom stereocenters. The van der Waals surface area contributed by atoms with Gasteiger partial charge in [-0.15, -0.1) is 0 Å². The molecule has 0 fully saturated rings. The molecule has 0 spiro atoms. The van der Waals surface area contributed by atoms with Crippen molar-refractivity contribution in [3.63, 3.8) is 0 Å². The van der Waals surface area contributed by atoms with E-state index in [0.717, 1.165) is 18.0 Å². The second kappa shape index (κ2) is 6.29. The zero-order valence-corrected chi connectivity index (χ0v) is 11.4. The molecule has 0 saturated carbocycles. The van der Waals surface area contributed by atoms with Crippen LogP contribution < -0.4 is 5.32 Å². The van der Waals surface area contributed by atoms with Gasteiger partial charge in [-0.1, -0.05) is 17.8 Å².